The Kier molecular flexibility index (Phi) is 4.88. The average molecular weight is 327 g/mol. The van der Waals surface area contributed by atoms with E-state index in [2.05, 4.69) is 0 Å². The third kappa shape index (κ3) is 2.92. The molecule has 1 unspecified atom stereocenters. The van der Waals surface area contributed by atoms with E-state index >= 15 is 0 Å². The van der Waals surface area contributed by atoms with E-state index in [-0.39, 0.29) is 18.3 Å². The van der Waals surface area contributed by atoms with Crippen molar-refractivity contribution in [3.63, 3.8) is 0 Å². The van der Waals surface area contributed by atoms with E-state index in [1.165, 1.54) is 0 Å². The Morgan fingerprint density at radius 3 is 2.57 bits per heavy atom. The van der Waals surface area contributed by atoms with Gasteiger partial charge >= 0.3 is 0 Å². The van der Waals surface area contributed by atoms with E-state index in [0.29, 0.717) is 24.5 Å². The van der Waals surface area contributed by atoms with Crippen LogP contribution in [0.4, 0.5) is 0 Å². The Labute approximate surface area is 131 Å². The molecule has 2 N–H and O–H groups in total. The highest BCUT2D eigenvalue weighted by Crippen LogP contribution is 2.28. The zero-order chi connectivity index (χ0) is 14.2. The first-order valence-corrected chi connectivity index (χ1v) is 8.25. The van der Waals surface area contributed by atoms with Crippen molar-refractivity contribution in [1.29, 1.82) is 0 Å². The first-order valence-electron chi connectivity index (χ1n) is 6.81. The van der Waals surface area contributed by atoms with Gasteiger partial charge in [-0.3, -0.25) is 0 Å². The van der Waals surface area contributed by atoms with Crippen LogP contribution >= 0.6 is 12.4 Å². The minimum atomic E-state index is -3.43. The van der Waals surface area contributed by atoms with Crippen molar-refractivity contribution in [1.82, 2.24) is 4.31 Å². The third-order valence-corrected chi connectivity index (χ3v) is 5.87. The Hall–Kier alpha value is -1.14. The molecule has 0 spiro atoms. The highest BCUT2D eigenvalue weighted by Gasteiger charge is 2.32. The van der Waals surface area contributed by atoms with Crippen LogP contribution in [0.2, 0.25) is 0 Å². The molecule has 0 aromatic heterocycles. The van der Waals surface area contributed by atoms with E-state index in [1.807, 2.05) is 30.3 Å². The second kappa shape index (κ2) is 6.32. The van der Waals surface area contributed by atoms with Crippen molar-refractivity contribution in [3.8, 4) is 0 Å². The summed E-state index contributed by atoms with van der Waals surface area (Å²) in [5.74, 6) is 0.278. The molecule has 1 heterocycles. The zero-order valence-corrected chi connectivity index (χ0v) is 13.2. The fourth-order valence-electron chi connectivity index (χ4n) is 2.77. The molecule has 0 saturated carbocycles. The molecular weight excluding hydrogens is 308 g/mol. The summed E-state index contributed by atoms with van der Waals surface area (Å²) in [5, 5.41) is 1.73. The number of nitrogens with zero attached hydrogens (tertiary/aromatic N) is 1. The number of sulfonamides is 1. The molecule has 0 bridgehead atoms. The highest BCUT2D eigenvalue weighted by molar-refractivity contribution is 7.89. The van der Waals surface area contributed by atoms with Gasteiger partial charge in [0.05, 0.1) is 4.90 Å². The number of nitrogens with two attached hydrogens (primary N) is 1. The zero-order valence-electron chi connectivity index (χ0n) is 11.6. The van der Waals surface area contributed by atoms with Crippen LogP contribution in [-0.4, -0.2) is 32.4 Å². The van der Waals surface area contributed by atoms with Crippen molar-refractivity contribution in [2.75, 3.05) is 19.6 Å². The summed E-state index contributed by atoms with van der Waals surface area (Å²) in [5.41, 5.74) is 5.65. The first kappa shape index (κ1) is 16.2. The number of fused-ring (bicyclic) bond motifs is 1. The lowest BCUT2D eigenvalue weighted by atomic mass is 10.1. The lowest BCUT2D eigenvalue weighted by molar-refractivity contribution is 0.460. The standard InChI is InChI=1S/C15H18N2O2S.ClH/c16-10-12-8-9-17(11-12)20(18,19)15-7-3-5-13-4-1-2-6-14(13)15;/h1-7,12H,8-11,16H2;1H. The monoisotopic (exact) mass is 326 g/mol. The SMILES string of the molecule is Cl.NCC1CCN(S(=O)(=O)c2cccc3ccccc23)C1. The molecule has 6 heteroatoms. The summed E-state index contributed by atoms with van der Waals surface area (Å²) >= 11 is 0. The minimum Gasteiger partial charge on any atom is -0.330 e. The number of rotatable bonds is 3. The normalized spacial score (nSPS) is 19.6. The van der Waals surface area contributed by atoms with Crippen LogP contribution in [0.15, 0.2) is 47.4 Å². The van der Waals surface area contributed by atoms with Gasteiger partial charge < -0.3 is 5.73 Å². The fourth-order valence-corrected chi connectivity index (χ4v) is 4.51. The van der Waals surface area contributed by atoms with Crippen LogP contribution in [0.1, 0.15) is 6.42 Å². The number of benzene rings is 2. The molecule has 4 nitrogen and oxygen atoms in total. The Morgan fingerprint density at radius 2 is 1.86 bits per heavy atom. The lowest BCUT2D eigenvalue weighted by Crippen LogP contribution is -2.30. The summed E-state index contributed by atoms with van der Waals surface area (Å²) < 4.78 is 27.2. The molecule has 0 radical (unpaired) electrons. The maximum atomic E-state index is 12.8. The molecule has 1 fully saturated rings. The highest BCUT2D eigenvalue weighted by atomic mass is 35.5. The Balaban J connectivity index is 0.00000161. The molecule has 1 atom stereocenters. The molecule has 2 aromatic rings. The van der Waals surface area contributed by atoms with Gasteiger partial charge in [-0.25, -0.2) is 8.42 Å². The van der Waals surface area contributed by atoms with Gasteiger partial charge in [-0.05, 0) is 30.3 Å². The number of hydrogen-bond donors (Lipinski definition) is 1. The lowest BCUT2D eigenvalue weighted by Gasteiger charge is -2.17. The Bertz CT molecular complexity index is 728. The van der Waals surface area contributed by atoms with Crippen LogP contribution in [0.3, 0.4) is 0 Å². The number of halogens is 1. The summed E-state index contributed by atoms with van der Waals surface area (Å²) in [6, 6.07) is 13.0. The van der Waals surface area contributed by atoms with E-state index in [0.717, 1.165) is 17.2 Å². The van der Waals surface area contributed by atoms with Gasteiger partial charge in [0.25, 0.3) is 0 Å². The molecule has 21 heavy (non-hydrogen) atoms. The average Bonchev–Trinajstić information content (AvgIpc) is 2.96. The molecule has 0 aliphatic carbocycles. The summed E-state index contributed by atoms with van der Waals surface area (Å²) in [6.07, 6.45) is 0.848. The van der Waals surface area contributed by atoms with Gasteiger partial charge in [0.15, 0.2) is 0 Å². The van der Waals surface area contributed by atoms with Gasteiger partial charge in [0, 0.05) is 18.5 Å². The minimum absolute atomic E-state index is 0. The molecule has 2 aromatic carbocycles. The van der Waals surface area contributed by atoms with Crippen molar-refractivity contribution >= 4 is 33.2 Å². The van der Waals surface area contributed by atoms with Gasteiger partial charge in [-0.15, -0.1) is 12.4 Å². The molecule has 1 saturated heterocycles. The van der Waals surface area contributed by atoms with Crippen LogP contribution in [-0.2, 0) is 10.0 Å². The van der Waals surface area contributed by atoms with Crippen LogP contribution in [0.5, 0.6) is 0 Å². The molecule has 114 valence electrons. The Morgan fingerprint density at radius 1 is 1.14 bits per heavy atom. The number of hydrogen-bond acceptors (Lipinski definition) is 3. The second-order valence-corrected chi connectivity index (χ2v) is 7.14. The quantitative estimate of drug-likeness (QED) is 0.940. The molecule has 1 aliphatic heterocycles. The molecule has 1 aliphatic rings. The van der Waals surface area contributed by atoms with E-state index < -0.39 is 10.0 Å². The molecular formula is C15H19ClN2O2S. The summed E-state index contributed by atoms with van der Waals surface area (Å²) in [4.78, 5) is 0.397. The topological polar surface area (TPSA) is 63.4 Å². The summed E-state index contributed by atoms with van der Waals surface area (Å²) in [7, 11) is -3.43. The predicted octanol–water partition coefficient (Wildman–Crippen LogP) is 2.23. The van der Waals surface area contributed by atoms with E-state index in [1.54, 1.807) is 16.4 Å². The van der Waals surface area contributed by atoms with Crippen molar-refractivity contribution in [2.24, 2.45) is 11.7 Å². The van der Waals surface area contributed by atoms with E-state index in [4.69, 9.17) is 5.73 Å². The van der Waals surface area contributed by atoms with Crippen molar-refractivity contribution in [3.05, 3.63) is 42.5 Å². The first-order chi connectivity index (χ1) is 9.63. The molecule has 3 rings (SSSR count). The smallest absolute Gasteiger partial charge is 0.243 e. The van der Waals surface area contributed by atoms with Gasteiger partial charge in [-0.2, -0.15) is 4.31 Å². The van der Waals surface area contributed by atoms with Crippen molar-refractivity contribution < 1.29 is 8.42 Å². The van der Waals surface area contributed by atoms with E-state index in [9.17, 15) is 8.42 Å². The van der Waals surface area contributed by atoms with Gasteiger partial charge in [-0.1, -0.05) is 36.4 Å². The second-order valence-electron chi connectivity index (χ2n) is 5.23. The maximum Gasteiger partial charge on any atom is 0.243 e. The predicted molar refractivity (Wildman–Crippen MR) is 87.1 cm³/mol. The van der Waals surface area contributed by atoms with Crippen LogP contribution < -0.4 is 5.73 Å². The van der Waals surface area contributed by atoms with Crippen LogP contribution in [0.25, 0.3) is 10.8 Å². The third-order valence-electron chi connectivity index (χ3n) is 3.95. The van der Waals surface area contributed by atoms with Gasteiger partial charge in [0.1, 0.15) is 0 Å². The largest absolute Gasteiger partial charge is 0.330 e. The fraction of sp³-hybridized carbons (Fsp3) is 0.333. The van der Waals surface area contributed by atoms with Crippen LogP contribution in [0, 0.1) is 5.92 Å². The molecule has 0 amide bonds. The maximum absolute atomic E-state index is 12.8. The van der Waals surface area contributed by atoms with Crippen molar-refractivity contribution in [2.45, 2.75) is 11.3 Å². The van der Waals surface area contributed by atoms with Gasteiger partial charge in [0.2, 0.25) is 10.0 Å². The summed E-state index contributed by atoms with van der Waals surface area (Å²) in [6.45, 7) is 1.64.